The molecule has 0 saturated heterocycles. The molecule has 2 amide bonds. The molecule has 0 aliphatic carbocycles. The van der Waals surface area contributed by atoms with E-state index in [2.05, 4.69) is 16.0 Å². The first-order valence-corrected chi connectivity index (χ1v) is 8.31. The number of halogens is 1. The minimum absolute atomic E-state index is 0.0412. The predicted octanol–water partition coefficient (Wildman–Crippen LogP) is 1.55. The molecule has 0 saturated carbocycles. The topological polar surface area (TPSA) is 85.2 Å². The normalized spacial score (nSPS) is 15.9. The van der Waals surface area contributed by atoms with Crippen LogP contribution in [0.15, 0.2) is 24.3 Å². The van der Waals surface area contributed by atoms with Crippen LogP contribution in [-0.2, 0) is 22.6 Å². The lowest BCUT2D eigenvalue weighted by Crippen LogP contribution is -2.48. The number of carbonyl (C=O) groups excluding carboxylic acids is 2. The molecule has 1 aliphatic rings. The van der Waals surface area contributed by atoms with Crippen LogP contribution in [0, 0.1) is 19.8 Å². The van der Waals surface area contributed by atoms with E-state index in [0.29, 0.717) is 11.4 Å². The number of aryl methyl sites for hydroxylation is 2. The summed E-state index contributed by atoms with van der Waals surface area (Å²) in [5, 5.41) is 4.81. The molecular formula is C17H19ClN4O3. The van der Waals surface area contributed by atoms with Crippen molar-refractivity contribution in [1.82, 2.24) is 20.6 Å². The van der Waals surface area contributed by atoms with Gasteiger partial charge < -0.3 is 4.74 Å². The van der Waals surface area contributed by atoms with Crippen LogP contribution in [0.2, 0.25) is 5.02 Å². The van der Waals surface area contributed by atoms with E-state index in [0.717, 1.165) is 22.7 Å². The van der Waals surface area contributed by atoms with E-state index in [4.69, 9.17) is 16.3 Å². The molecule has 1 aromatic heterocycles. The highest BCUT2D eigenvalue weighted by Crippen LogP contribution is 2.29. The maximum atomic E-state index is 12.3. The average molecular weight is 363 g/mol. The number of carbonyl (C=O) groups is 2. The molecule has 0 fully saturated rings. The minimum Gasteiger partial charge on any atom is -0.492 e. The zero-order chi connectivity index (χ0) is 18.0. The molecule has 7 nitrogen and oxygen atoms in total. The van der Waals surface area contributed by atoms with Crippen molar-refractivity contribution in [2.24, 2.45) is 5.92 Å². The van der Waals surface area contributed by atoms with Crippen LogP contribution in [-0.4, -0.2) is 28.2 Å². The van der Waals surface area contributed by atoms with Crippen LogP contribution in [0.4, 0.5) is 0 Å². The average Bonchev–Trinajstić information content (AvgIpc) is 2.89. The number of nitrogens with one attached hydrogen (secondary N) is 2. The van der Waals surface area contributed by atoms with Gasteiger partial charge in [-0.25, -0.2) is 0 Å². The van der Waals surface area contributed by atoms with Gasteiger partial charge in [-0.05, 0) is 50.1 Å². The summed E-state index contributed by atoms with van der Waals surface area (Å²) in [7, 11) is 0. The molecule has 8 heteroatoms. The third-order valence-electron chi connectivity index (χ3n) is 4.02. The predicted molar refractivity (Wildman–Crippen MR) is 92.1 cm³/mol. The van der Waals surface area contributed by atoms with Crippen LogP contribution in [0.25, 0.3) is 0 Å². The molecule has 0 unspecified atom stereocenters. The van der Waals surface area contributed by atoms with Crippen molar-refractivity contribution in [3.8, 4) is 5.75 Å². The molecule has 1 aromatic carbocycles. The number of fused-ring (bicyclic) bond motifs is 1. The fourth-order valence-electron chi connectivity index (χ4n) is 2.78. The fourth-order valence-corrected chi connectivity index (χ4v) is 2.97. The number of aromatic nitrogens is 2. The lowest BCUT2D eigenvalue weighted by molar-refractivity contribution is -0.132. The zero-order valence-electron chi connectivity index (χ0n) is 14.0. The second-order valence-electron chi connectivity index (χ2n) is 6.09. The Bertz CT molecular complexity index is 818. The Morgan fingerprint density at radius 2 is 2.12 bits per heavy atom. The molecular weight excluding hydrogens is 344 g/mol. The Labute approximate surface area is 150 Å². The molecule has 2 N–H and O–H groups in total. The third-order valence-corrected chi connectivity index (χ3v) is 4.26. The van der Waals surface area contributed by atoms with Crippen LogP contribution in [0.1, 0.15) is 17.0 Å². The van der Waals surface area contributed by atoms with Gasteiger partial charge in [0.1, 0.15) is 18.9 Å². The van der Waals surface area contributed by atoms with Crippen LogP contribution < -0.4 is 15.6 Å². The lowest BCUT2D eigenvalue weighted by Gasteiger charge is -2.24. The number of rotatable bonds is 3. The van der Waals surface area contributed by atoms with Crippen molar-refractivity contribution in [1.29, 1.82) is 0 Å². The Balaban J connectivity index is 1.53. The Morgan fingerprint density at radius 1 is 1.32 bits per heavy atom. The van der Waals surface area contributed by atoms with Crippen molar-refractivity contribution >= 4 is 23.4 Å². The molecule has 0 bridgehead atoms. The number of ether oxygens (including phenoxy) is 1. The van der Waals surface area contributed by atoms with Crippen molar-refractivity contribution in [3.63, 3.8) is 0 Å². The highest BCUT2D eigenvalue weighted by molar-refractivity contribution is 6.30. The Kier molecular flexibility index (Phi) is 4.94. The maximum Gasteiger partial charge on any atom is 0.260 e. The van der Waals surface area contributed by atoms with Crippen molar-refractivity contribution < 1.29 is 14.3 Å². The van der Waals surface area contributed by atoms with E-state index < -0.39 is 0 Å². The Morgan fingerprint density at radius 3 is 2.84 bits per heavy atom. The van der Waals surface area contributed by atoms with Gasteiger partial charge in [0, 0.05) is 10.7 Å². The molecule has 132 valence electrons. The van der Waals surface area contributed by atoms with Gasteiger partial charge in [-0.3, -0.25) is 25.1 Å². The van der Waals surface area contributed by atoms with Crippen LogP contribution in [0.3, 0.4) is 0 Å². The maximum absolute atomic E-state index is 12.3. The van der Waals surface area contributed by atoms with Gasteiger partial charge in [-0.2, -0.15) is 5.10 Å². The third kappa shape index (κ3) is 4.11. The lowest BCUT2D eigenvalue weighted by atomic mass is 9.96. The highest BCUT2D eigenvalue weighted by Gasteiger charge is 2.26. The summed E-state index contributed by atoms with van der Waals surface area (Å²) in [6, 6.07) is 7.22. The molecule has 3 rings (SSSR count). The van der Waals surface area contributed by atoms with E-state index in [1.807, 2.05) is 19.9 Å². The van der Waals surface area contributed by atoms with Crippen LogP contribution >= 0.6 is 11.6 Å². The number of hydrogen-bond donors (Lipinski definition) is 2. The van der Waals surface area contributed by atoms with Crippen LogP contribution in [0.5, 0.6) is 5.75 Å². The molecule has 1 aliphatic heterocycles. The largest absolute Gasteiger partial charge is 0.492 e. The number of hydrogen-bond acceptors (Lipinski definition) is 4. The number of nitrogens with zero attached hydrogens (tertiary/aromatic N) is 2. The SMILES string of the molecule is Cc1cc(C)n(CC(=O)NNC(=O)[C@H]2COc3ccc(Cl)cc3C2)n1. The summed E-state index contributed by atoms with van der Waals surface area (Å²) in [4.78, 5) is 24.2. The molecule has 0 radical (unpaired) electrons. The first-order chi connectivity index (χ1) is 11.9. The van der Waals surface area contributed by atoms with Gasteiger partial charge in [-0.15, -0.1) is 0 Å². The van der Waals surface area contributed by atoms with Gasteiger partial charge >= 0.3 is 0 Å². The highest BCUT2D eigenvalue weighted by atomic mass is 35.5. The van der Waals surface area contributed by atoms with Crippen molar-refractivity contribution in [2.75, 3.05) is 6.61 Å². The molecule has 2 heterocycles. The second-order valence-corrected chi connectivity index (χ2v) is 6.52. The van der Waals surface area contributed by atoms with Gasteiger partial charge in [0.25, 0.3) is 5.91 Å². The monoisotopic (exact) mass is 362 g/mol. The zero-order valence-corrected chi connectivity index (χ0v) is 14.8. The molecule has 2 aromatic rings. The summed E-state index contributed by atoms with van der Waals surface area (Å²) < 4.78 is 7.17. The van der Waals surface area contributed by atoms with E-state index in [9.17, 15) is 9.59 Å². The summed E-state index contributed by atoms with van der Waals surface area (Å²) in [6.07, 6.45) is 0.509. The van der Waals surface area contributed by atoms with E-state index in [-0.39, 0.29) is 30.9 Å². The number of hydrazine groups is 1. The summed E-state index contributed by atoms with van der Waals surface area (Å²) in [5.74, 6) is -0.297. The first-order valence-electron chi connectivity index (χ1n) is 7.93. The summed E-state index contributed by atoms with van der Waals surface area (Å²) in [5.41, 5.74) is 7.47. The molecule has 0 spiro atoms. The molecule has 1 atom stereocenters. The van der Waals surface area contributed by atoms with Crippen molar-refractivity contribution in [3.05, 3.63) is 46.2 Å². The number of benzene rings is 1. The smallest absolute Gasteiger partial charge is 0.260 e. The first kappa shape index (κ1) is 17.3. The van der Waals surface area contributed by atoms with Gasteiger partial charge in [0.15, 0.2) is 0 Å². The minimum atomic E-state index is -0.389. The quantitative estimate of drug-likeness (QED) is 0.811. The van der Waals surface area contributed by atoms with Crippen molar-refractivity contribution in [2.45, 2.75) is 26.8 Å². The fraction of sp³-hybridized carbons (Fsp3) is 0.353. The van der Waals surface area contributed by atoms with Gasteiger partial charge in [-0.1, -0.05) is 11.6 Å². The summed E-state index contributed by atoms with van der Waals surface area (Å²) >= 11 is 5.98. The number of amides is 2. The van der Waals surface area contributed by atoms with Gasteiger partial charge in [0.05, 0.1) is 11.6 Å². The van der Waals surface area contributed by atoms with E-state index in [1.165, 1.54) is 0 Å². The summed E-state index contributed by atoms with van der Waals surface area (Å²) in [6.45, 7) is 4.03. The Hall–Kier alpha value is -2.54. The molecule has 25 heavy (non-hydrogen) atoms. The standard InChI is InChI=1S/C17H19ClN4O3/c1-10-5-11(2)22(21-10)8-16(23)19-20-17(24)13-6-12-7-14(18)3-4-15(12)25-9-13/h3-5,7,13H,6,8-9H2,1-2H3,(H,19,23)(H,20,24)/t13-/m1/s1. The van der Waals surface area contributed by atoms with E-state index in [1.54, 1.807) is 22.9 Å². The second kappa shape index (κ2) is 7.14. The van der Waals surface area contributed by atoms with E-state index >= 15 is 0 Å². The van der Waals surface area contributed by atoms with Gasteiger partial charge in [0.2, 0.25) is 5.91 Å².